The maximum Gasteiger partial charge on any atom is 0.137 e. The van der Waals surface area contributed by atoms with Gasteiger partial charge >= 0.3 is 0 Å². The molecule has 0 aliphatic carbocycles. The molecule has 0 saturated heterocycles. The Kier molecular flexibility index (Phi) is 3.46. The van der Waals surface area contributed by atoms with Gasteiger partial charge in [-0.3, -0.25) is 4.98 Å². The van der Waals surface area contributed by atoms with Crippen LogP contribution in [-0.2, 0) is 12.3 Å². The Hall–Kier alpha value is -1.06. The summed E-state index contributed by atoms with van der Waals surface area (Å²) in [5, 5.41) is 5.02. The molecule has 5 heteroatoms. The van der Waals surface area contributed by atoms with Crippen LogP contribution in [0.2, 0.25) is 5.15 Å². The normalized spacial score (nSPS) is 10.7. The van der Waals surface area contributed by atoms with Gasteiger partial charge in [0.2, 0.25) is 0 Å². The summed E-state index contributed by atoms with van der Waals surface area (Å²) in [6.07, 6.45) is 4.23. The van der Waals surface area contributed by atoms with Crippen LogP contribution in [0.1, 0.15) is 18.2 Å². The fourth-order valence-electron chi connectivity index (χ4n) is 1.54. The summed E-state index contributed by atoms with van der Waals surface area (Å²) >= 11 is 12.1. The van der Waals surface area contributed by atoms with Gasteiger partial charge in [0, 0.05) is 18.0 Å². The largest absolute Gasteiger partial charge is 0.265 e. The Morgan fingerprint density at radius 3 is 2.50 bits per heavy atom. The predicted molar refractivity (Wildman–Crippen MR) is 65.3 cm³/mol. The summed E-state index contributed by atoms with van der Waals surface area (Å²) in [5.41, 5.74) is 2.74. The summed E-state index contributed by atoms with van der Waals surface area (Å²) in [6, 6.07) is 3.71. The molecular weight excluding hydrogens is 245 g/mol. The number of aryl methyl sites for hydroxylation is 1. The zero-order valence-electron chi connectivity index (χ0n) is 8.82. The maximum atomic E-state index is 6.24. The van der Waals surface area contributed by atoms with Gasteiger partial charge in [0.1, 0.15) is 5.15 Å². The molecule has 0 amide bonds. The van der Waals surface area contributed by atoms with E-state index in [-0.39, 0.29) is 0 Å². The lowest BCUT2D eigenvalue weighted by Gasteiger charge is -2.01. The highest BCUT2D eigenvalue weighted by Crippen LogP contribution is 2.25. The van der Waals surface area contributed by atoms with Crippen LogP contribution in [0.4, 0.5) is 0 Å². The van der Waals surface area contributed by atoms with E-state index in [0.29, 0.717) is 11.0 Å². The van der Waals surface area contributed by atoms with Crippen molar-refractivity contribution in [2.24, 2.45) is 0 Å². The van der Waals surface area contributed by atoms with E-state index in [0.717, 1.165) is 23.4 Å². The van der Waals surface area contributed by atoms with Crippen molar-refractivity contribution in [1.82, 2.24) is 14.8 Å². The molecule has 0 spiro atoms. The van der Waals surface area contributed by atoms with Crippen molar-refractivity contribution in [2.75, 3.05) is 0 Å². The van der Waals surface area contributed by atoms with E-state index in [2.05, 4.69) is 10.1 Å². The highest BCUT2D eigenvalue weighted by Gasteiger charge is 2.14. The Bertz CT molecular complexity index is 479. The predicted octanol–water partition coefficient (Wildman–Crippen LogP) is 3.22. The molecule has 0 saturated carbocycles. The Morgan fingerprint density at radius 1 is 1.31 bits per heavy atom. The van der Waals surface area contributed by atoms with E-state index in [1.54, 1.807) is 17.1 Å². The molecule has 3 nitrogen and oxygen atoms in total. The van der Waals surface area contributed by atoms with Crippen LogP contribution in [-0.4, -0.2) is 14.8 Å². The van der Waals surface area contributed by atoms with E-state index in [1.165, 1.54) is 0 Å². The summed E-state index contributed by atoms with van der Waals surface area (Å²) in [6.45, 7) is 2.03. The molecule has 0 bridgehead atoms. The maximum absolute atomic E-state index is 6.24. The third kappa shape index (κ3) is 1.93. The standard InChI is InChI=1S/C11H11Cl2N3/c1-2-10-9(7-12)11(13)16(15-10)8-3-5-14-6-4-8/h3-6H,2,7H2,1H3. The van der Waals surface area contributed by atoms with Gasteiger partial charge in [0.15, 0.2) is 0 Å². The summed E-state index contributed by atoms with van der Waals surface area (Å²) in [4.78, 5) is 3.96. The second-order valence-electron chi connectivity index (χ2n) is 3.32. The van der Waals surface area contributed by atoms with Gasteiger partial charge in [-0.2, -0.15) is 5.10 Å². The second-order valence-corrected chi connectivity index (χ2v) is 3.95. The van der Waals surface area contributed by atoms with Crippen molar-refractivity contribution in [3.63, 3.8) is 0 Å². The van der Waals surface area contributed by atoms with Crippen molar-refractivity contribution in [2.45, 2.75) is 19.2 Å². The minimum absolute atomic E-state index is 0.382. The molecule has 0 N–H and O–H groups in total. The van der Waals surface area contributed by atoms with Crippen LogP contribution in [0.3, 0.4) is 0 Å². The van der Waals surface area contributed by atoms with Crippen LogP contribution in [0.25, 0.3) is 5.69 Å². The molecular formula is C11H11Cl2N3. The second kappa shape index (κ2) is 4.85. The van der Waals surface area contributed by atoms with E-state index < -0.39 is 0 Å². The Morgan fingerprint density at radius 2 is 2.00 bits per heavy atom. The lowest BCUT2D eigenvalue weighted by molar-refractivity contribution is 0.840. The Labute approximate surface area is 104 Å². The minimum atomic E-state index is 0.382. The zero-order chi connectivity index (χ0) is 11.5. The molecule has 0 unspecified atom stereocenters. The first kappa shape index (κ1) is 11.4. The van der Waals surface area contributed by atoms with Crippen molar-refractivity contribution < 1.29 is 0 Å². The number of rotatable bonds is 3. The molecule has 0 aliphatic heterocycles. The number of pyridine rings is 1. The fraction of sp³-hybridized carbons (Fsp3) is 0.273. The summed E-state index contributed by atoms with van der Waals surface area (Å²) in [5.74, 6) is 0.382. The van der Waals surface area contributed by atoms with Crippen molar-refractivity contribution in [3.05, 3.63) is 40.9 Å². The molecule has 2 heterocycles. The molecule has 0 atom stereocenters. The van der Waals surface area contributed by atoms with Gasteiger partial charge in [-0.1, -0.05) is 18.5 Å². The molecule has 0 aliphatic rings. The molecule has 2 aromatic heterocycles. The first-order valence-corrected chi connectivity index (χ1v) is 5.91. The van der Waals surface area contributed by atoms with Crippen molar-refractivity contribution >= 4 is 23.2 Å². The topological polar surface area (TPSA) is 30.7 Å². The number of hydrogen-bond acceptors (Lipinski definition) is 2. The molecule has 84 valence electrons. The molecule has 2 rings (SSSR count). The van der Waals surface area contributed by atoms with Gasteiger partial charge in [0.05, 0.1) is 17.3 Å². The van der Waals surface area contributed by atoms with Gasteiger partial charge < -0.3 is 0 Å². The van der Waals surface area contributed by atoms with E-state index in [1.807, 2.05) is 19.1 Å². The lowest BCUT2D eigenvalue weighted by atomic mass is 10.2. The number of nitrogens with zero attached hydrogens (tertiary/aromatic N) is 3. The third-order valence-corrected chi connectivity index (χ3v) is 3.04. The number of alkyl halides is 1. The smallest absolute Gasteiger partial charge is 0.137 e. The molecule has 0 fully saturated rings. The lowest BCUT2D eigenvalue weighted by Crippen LogP contribution is -1.97. The Balaban J connectivity index is 2.54. The monoisotopic (exact) mass is 255 g/mol. The van der Waals surface area contributed by atoms with Crippen molar-refractivity contribution in [1.29, 1.82) is 0 Å². The molecule has 16 heavy (non-hydrogen) atoms. The fourth-order valence-corrected chi connectivity index (χ4v) is 2.21. The van der Waals surface area contributed by atoms with Gasteiger partial charge in [-0.25, -0.2) is 4.68 Å². The molecule has 0 aromatic carbocycles. The summed E-state index contributed by atoms with van der Waals surface area (Å²) < 4.78 is 1.69. The summed E-state index contributed by atoms with van der Waals surface area (Å²) in [7, 11) is 0. The van der Waals surface area contributed by atoms with Crippen LogP contribution in [0.15, 0.2) is 24.5 Å². The SMILES string of the molecule is CCc1nn(-c2ccncc2)c(Cl)c1CCl. The van der Waals surface area contributed by atoms with Crippen molar-refractivity contribution in [3.8, 4) is 5.69 Å². The van der Waals surface area contributed by atoms with Crippen LogP contribution < -0.4 is 0 Å². The van der Waals surface area contributed by atoms with Crippen LogP contribution >= 0.6 is 23.2 Å². The van der Waals surface area contributed by atoms with Gasteiger partial charge in [-0.05, 0) is 18.6 Å². The average molecular weight is 256 g/mol. The highest BCUT2D eigenvalue weighted by atomic mass is 35.5. The van der Waals surface area contributed by atoms with Crippen LogP contribution in [0.5, 0.6) is 0 Å². The first-order chi connectivity index (χ1) is 7.77. The number of hydrogen-bond donors (Lipinski definition) is 0. The van der Waals surface area contributed by atoms with Crippen LogP contribution in [0, 0.1) is 0 Å². The van der Waals surface area contributed by atoms with E-state index in [9.17, 15) is 0 Å². The quantitative estimate of drug-likeness (QED) is 0.789. The molecule has 0 radical (unpaired) electrons. The average Bonchev–Trinajstić information content (AvgIpc) is 2.66. The molecule has 2 aromatic rings. The number of aromatic nitrogens is 3. The zero-order valence-corrected chi connectivity index (χ0v) is 10.3. The number of halogens is 2. The van der Waals surface area contributed by atoms with E-state index in [4.69, 9.17) is 23.2 Å². The third-order valence-electron chi connectivity index (χ3n) is 2.38. The van der Waals surface area contributed by atoms with Gasteiger partial charge in [-0.15, -0.1) is 11.6 Å². The highest BCUT2D eigenvalue weighted by molar-refractivity contribution is 6.31. The van der Waals surface area contributed by atoms with E-state index >= 15 is 0 Å². The van der Waals surface area contributed by atoms with Gasteiger partial charge in [0.25, 0.3) is 0 Å². The minimum Gasteiger partial charge on any atom is -0.265 e. The first-order valence-electron chi connectivity index (χ1n) is 5.00.